The van der Waals surface area contributed by atoms with E-state index < -0.39 is 5.91 Å². The van der Waals surface area contributed by atoms with Crippen LogP contribution in [0.4, 0.5) is 0 Å². The molecule has 1 N–H and O–H groups in total. The van der Waals surface area contributed by atoms with Crippen LogP contribution in [0.5, 0.6) is 11.6 Å². The summed E-state index contributed by atoms with van der Waals surface area (Å²) in [4.78, 5) is 22.8. The highest BCUT2D eigenvalue weighted by Gasteiger charge is 2.03. The minimum absolute atomic E-state index is 0.182. The van der Waals surface area contributed by atoms with E-state index in [0.717, 1.165) is 16.0 Å². The number of carbonyl (C=O) groups is 1. The Hall–Kier alpha value is -3.16. The molecule has 0 saturated carbocycles. The van der Waals surface area contributed by atoms with Crippen LogP contribution in [0.1, 0.15) is 5.56 Å². The summed E-state index contributed by atoms with van der Waals surface area (Å²) in [7, 11) is 3.08. The number of nitrogens with one attached hydrogen (secondary N) is 1. The molecular formula is C15H16N4O4. The van der Waals surface area contributed by atoms with Gasteiger partial charge in [0.1, 0.15) is 5.75 Å². The van der Waals surface area contributed by atoms with Crippen molar-refractivity contribution in [2.24, 2.45) is 12.1 Å². The fraction of sp³-hybridized carbons (Fsp3) is 0.200. The van der Waals surface area contributed by atoms with Gasteiger partial charge < -0.3 is 9.47 Å². The van der Waals surface area contributed by atoms with Gasteiger partial charge in [-0.15, -0.1) is 5.10 Å². The Morgan fingerprint density at radius 2 is 2.04 bits per heavy atom. The van der Waals surface area contributed by atoms with E-state index >= 15 is 0 Å². The first-order chi connectivity index (χ1) is 11.1. The number of amides is 1. The number of aromatic nitrogens is 2. The van der Waals surface area contributed by atoms with Gasteiger partial charge in [0.2, 0.25) is 5.88 Å². The molecule has 0 spiro atoms. The number of aryl methyl sites for hydroxylation is 1. The Labute approximate surface area is 132 Å². The van der Waals surface area contributed by atoms with Crippen molar-refractivity contribution in [1.29, 1.82) is 0 Å². The van der Waals surface area contributed by atoms with Crippen LogP contribution in [0.25, 0.3) is 0 Å². The number of carbonyl (C=O) groups excluding carboxylic acids is 1. The molecule has 1 amide bonds. The van der Waals surface area contributed by atoms with Crippen LogP contribution in [0.2, 0.25) is 0 Å². The fourth-order valence-electron chi connectivity index (χ4n) is 1.60. The molecule has 0 aliphatic heterocycles. The number of hydrogen-bond acceptors (Lipinski definition) is 6. The zero-order valence-electron chi connectivity index (χ0n) is 12.7. The maximum atomic E-state index is 11.6. The standard InChI is InChI=1S/C15H16N4O4/c1-19-15(21)8-7-14(18-19)23-10-13(20)17-16-9-11-3-5-12(22-2)6-4-11/h3-9H,10H2,1-2H3,(H,17,20). The second kappa shape index (κ2) is 7.74. The SMILES string of the molecule is COc1ccc(C=NNC(=O)COc2ccc(=O)n(C)n2)cc1. The average molecular weight is 316 g/mol. The van der Waals surface area contributed by atoms with Gasteiger partial charge in [-0.2, -0.15) is 5.10 Å². The van der Waals surface area contributed by atoms with E-state index in [9.17, 15) is 9.59 Å². The van der Waals surface area contributed by atoms with Crippen molar-refractivity contribution < 1.29 is 14.3 Å². The van der Waals surface area contributed by atoms with Crippen LogP contribution >= 0.6 is 0 Å². The lowest BCUT2D eigenvalue weighted by molar-refractivity contribution is -0.123. The van der Waals surface area contributed by atoms with Gasteiger partial charge in [0.25, 0.3) is 11.5 Å². The quantitative estimate of drug-likeness (QED) is 0.612. The van der Waals surface area contributed by atoms with Gasteiger partial charge >= 0.3 is 0 Å². The highest BCUT2D eigenvalue weighted by Crippen LogP contribution is 2.09. The molecule has 2 rings (SSSR count). The molecule has 0 aliphatic rings. The molecule has 0 fully saturated rings. The second-order valence-electron chi connectivity index (χ2n) is 4.49. The van der Waals surface area contributed by atoms with Crippen LogP contribution in [0.3, 0.4) is 0 Å². The summed E-state index contributed by atoms with van der Waals surface area (Å²) < 4.78 is 11.3. The smallest absolute Gasteiger partial charge is 0.278 e. The lowest BCUT2D eigenvalue weighted by Gasteiger charge is -2.04. The predicted molar refractivity (Wildman–Crippen MR) is 83.7 cm³/mol. The zero-order chi connectivity index (χ0) is 16.7. The maximum absolute atomic E-state index is 11.6. The molecule has 0 atom stereocenters. The number of nitrogens with zero attached hydrogens (tertiary/aromatic N) is 3. The molecule has 0 saturated heterocycles. The maximum Gasteiger partial charge on any atom is 0.278 e. The lowest BCUT2D eigenvalue weighted by atomic mass is 10.2. The Morgan fingerprint density at radius 1 is 1.30 bits per heavy atom. The fourth-order valence-corrected chi connectivity index (χ4v) is 1.60. The highest BCUT2D eigenvalue weighted by atomic mass is 16.5. The van der Waals surface area contributed by atoms with Crippen molar-refractivity contribution in [2.75, 3.05) is 13.7 Å². The van der Waals surface area contributed by atoms with Gasteiger partial charge in [-0.05, 0) is 29.8 Å². The minimum Gasteiger partial charge on any atom is -0.497 e. The zero-order valence-corrected chi connectivity index (χ0v) is 12.7. The van der Waals surface area contributed by atoms with E-state index in [1.165, 1.54) is 25.4 Å². The summed E-state index contributed by atoms with van der Waals surface area (Å²) in [6.45, 7) is -0.259. The van der Waals surface area contributed by atoms with E-state index in [2.05, 4.69) is 15.6 Å². The Bertz CT molecular complexity index is 753. The van der Waals surface area contributed by atoms with Gasteiger partial charge in [0, 0.05) is 19.2 Å². The van der Waals surface area contributed by atoms with Gasteiger partial charge in [0.05, 0.1) is 13.3 Å². The molecule has 23 heavy (non-hydrogen) atoms. The average Bonchev–Trinajstić information content (AvgIpc) is 2.56. The van der Waals surface area contributed by atoms with Crippen molar-refractivity contribution in [3.63, 3.8) is 0 Å². The van der Waals surface area contributed by atoms with Crippen LogP contribution in [-0.2, 0) is 11.8 Å². The van der Waals surface area contributed by atoms with E-state index in [-0.39, 0.29) is 18.0 Å². The molecule has 1 heterocycles. The third-order valence-electron chi connectivity index (χ3n) is 2.81. The Morgan fingerprint density at radius 3 is 2.70 bits per heavy atom. The van der Waals surface area contributed by atoms with E-state index in [1.807, 2.05) is 0 Å². The second-order valence-corrected chi connectivity index (χ2v) is 4.49. The number of rotatable bonds is 6. The van der Waals surface area contributed by atoms with Gasteiger partial charge in [-0.3, -0.25) is 9.59 Å². The summed E-state index contributed by atoms with van der Waals surface area (Å²) in [5.74, 6) is 0.483. The van der Waals surface area contributed by atoms with E-state index in [0.29, 0.717) is 0 Å². The molecule has 120 valence electrons. The first kappa shape index (κ1) is 16.2. The molecule has 2 aromatic rings. The molecule has 1 aromatic heterocycles. The van der Waals surface area contributed by atoms with Crippen molar-refractivity contribution in [1.82, 2.24) is 15.2 Å². The number of benzene rings is 1. The van der Waals surface area contributed by atoms with Crippen molar-refractivity contribution in [2.45, 2.75) is 0 Å². The molecule has 0 bridgehead atoms. The van der Waals surface area contributed by atoms with Gasteiger partial charge in [-0.25, -0.2) is 10.1 Å². The number of hydrazone groups is 1. The number of methoxy groups -OCH3 is 1. The lowest BCUT2D eigenvalue weighted by Crippen LogP contribution is -2.26. The minimum atomic E-state index is -0.439. The predicted octanol–water partition coefficient (Wildman–Crippen LogP) is 0.318. The summed E-state index contributed by atoms with van der Waals surface area (Å²) >= 11 is 0. The first-order valence-electron chi connectivity index (χ1n) is 6.71. The van der Waals surface area contributed by atoms with E-state index in [4.69, 9.17) is 9.47 Å². The van der Waals surface area contributed by atoms with Crippen molar-refractivity contribution in [3.8, 4) is 11.6 Å². The summed E-state index contributed by atoms with van der Waals surface area (Å²) in [5.41, 5.74) is 2.89. The summed E-state index contributed by atoms with van der Waals surface area (Å²) in [6.07, 6.45) is 1.50. The molecule has 0 aliphatic carbocycles. The Balaban J connectivity index is 1.81. The first-order valence-corrected chi connectivity index (χ1v) is 6.71. The Kier molecular flexibility index (Phi) is 5.45. The molecule has 8 nitrogen and oxygen atoms in total. The van der Waals surface area contributed by atoms with Crippen LogP contribution in [0.15, 0.2) is 46.3 Å². The molecule has 1 aromatic carbocycles. The third kappa shape index (κ3) is 4.95. The van der Waals surface area contributed by atoms with Crippen LogP contribution < -0.4 is 20.5 Å². The molecule has 0 radical (unpaired) electrons. The van der Waals surface area contributed by atoms with Gasteiger partial charge in [0.15, 0.2) is 6.61 Å². The summed E-state index contributed by atoms with van der Waals surface area (Å²) in [6, 6.07) is 9.90. The van der Waals surface area contributed by atoms with Crippen molar-refractivity contribution in [3.05, 3.63) is 52.3 Å². The highest BCUT2D eigenvalue weighted by molar-refractivity contribution is 5.83. The molecule has 8 heteroatoms. The molecule has 0 unspecified atom stereocenters. The number of hydrogen-bond donors (Lipinski definition) is 1. The van der Waals surface area contributed by atoms with Crippen molar-refractivity contribution >= 4 is 12.1 Å². The van der Waals surface area contributed by atoms with Gasteiger partial charge in [-0.1, -0.05) is 0 Å². The van der Waals surface area contributed by atoms with Crippen LogP contribution in [0, 0.1) is 0 Å². The van der Waals surface area contributed by atoms with Crippen LogP contribution in [-0.4, -0.2) is 35.6 Å². The number of ether oxygens (including phenoxy) is 2. The monoisotopic (exact) mass is 316 g/mol. The third-order valence-corrected chi connectivity index (χ3v) is 2.81. The topological polar surface area (TPSA) is 94.8 Å². The van der Waals surface area contributed by atoms with E-state index in [1.54, 1.807) is 31.4 Å². The molecular weight excluding hydrogens is 300 g/mol. The largest absolute Gasteiger partial charge is 0.497 e. The summed E-state index contributed by atoms with van der Waals surface area (Å²) in [5, 5.41) is 7.66. The normalized spacial score (nSPS) is 10.5.